The summed E-state index contributed by atoms with van der Waals surface area (Å²) in [6.45, 7) is 15.3. The van der Waals surface area contributed by atoms with Gasteiger partial charge >= 0.3 is 0 Å². The van der Waals surface area contributed by atoms with Gasteiger partial charge in [-0.2, -0.15) is 0 Å². The molecule has 1 aromatic carbocycles. The van der Waals surface area contributed by atoms with E-state index in [2.05, 4.69) is 79.8 Å². The number of ether oxygens (including phenoxy) is 3. The standard InChI is InChI=1S/C34H43N2O3/c1-8-30(39-24-28(7)37-20-18-26(5)29-15-16-29)23-35-22-27(6)31(9-2)32-21-25(4)14-17-33(32)36(10-3)34-13-11-12-19-38-34/h1-2,14-17,21-23,26,28,31,34H,6,10-13,18-20,24H2,3-5,7H3/b30-23+,35-22?/t26-,28+,31?,34?/m0/s1. The van der Waals surface area contributed by atoms with Gasteiger partial charge in [-0.1, -0.05) is 48.8 Å². The quantitative estimate of drug-likeness (QED) is 0.144. The van der Waals surface area contributed by atoms with Gasteiger partial charge in [0, 0.05) is 38.1 Å². The number of hydrogen-bond donors (Lipinski definition) is 0. The Kier molecular flexibility index (Phi) is 11.9. The molecule has 4 atom stereocenters. The van der Waals surface area contributed by atoms with E-state index in [1.54, 1.807) is 6.21 Å². The van der Waals surface area contributed by atoms with E-state index in [9.17, 15) is 0 Å². The third kappa shape index (κ3) is 9.17. The Morgan fingerprint density at radius 1 is 1.31 bits per heavy atom. The lowest BCUT2D eigenvalue weighted by molar-refractivity contribution is 0.0122. The zero-order valence-electron chi connectivity index (χ0n) is 24.0. The highest BCUT2D eigenvalue weighted by atomic mass is 16.5. The van der Waals surface area contributed by atoms with Crippen LogP contribution in [0.25, 0.3) is 0 Å². The maximum Gasteiger partial charge on any atom is 0.188 e. The van der Waals surface area contributed by atoms with Crippen molar-refractivity contribution >= 4 is 11.9 Å². The molecule has 0 bridgehead atoms. The molecule has 1 heterocycles. The summed E-state index contributed by atoms with van der Waals surface area (Å²) in [5, 5.41) is 0. The van der Waals surface area contributed by atoms with Gasteiger partial charge in [0.25, 0.3) is 0 Å². The largest absolute Gasteiger partial charge is 0.481 e. The van der Waals surface area contributed by atoms with E-state index in [0.717, 1.165) is 55.6 Å². The van der Waals surface area contributed by atoms with E-state index in [1.165, 1.54) is 11.8 Å². The molecule has 0 N–H and O–H groups in total. The molecule has 1 aliphatic carbocycles. The van der Waals surface area contributed by atoms with Crippen LogP contribution in [0.1, 0.15) is 63.5 Å². The summed E-state index contributed by atoms with van der Waals surface area (Å²) in [5.41, 5.74) is 5.35. The Balaban J connectivity index is 1.62. The van der Waals surface area contributed by atoms with Gasteiger partial charge in [0.05, 0.1) is 18.2 Å². The van der Waals surface area contributed by atoms with Gasteiger partial charge in [-0.05, 0) is 75.5 Å². The second-order valence-electron chi connectivity index (χ2n) is 10.3. The fourth-order valence-electron chi connectivity index (χ4n) is 4.70. The summed E-state index contributed by atoms with van der Waals surface area (Å²) in [6.07, 6.45) is 23.4. The van der Waals surface area contributed by atoms with Crippen molar-refractivity contribution in [2.45, 2.75) is 71.6 Å². The SMILES string of the molecule is C#C/C(=C\N=CC(=C)C(C#C)c1cc(C)ccc1N(CC)C1CCCCO1)OC[C@@H](C)OCC[C@H](C)C1=C[CH]1. The number of aryl methyl sites for hydroxylation is 1. The Bertz CT molecular complexity index is 1140. The number of aliphatic imine (C=N–C) groups is 1. The van der Waals surface area contributed by atoms with Crippen LogP contribution in [0.15, 0.2) is 59.0 Å². The fraction of sp³-hybridized carbons (Fsp3) is 0.471. The first-order valence-electron chi connectivity index (χ1n) is 14.0. The van der Waals surface area contributed by atoms with Gasteiger partial charge in [-0.15, -0.1) is 12.8 Å². The van der Waals surface area contributed by atoms with Crippen molar-refractivity contribution in [1.82, 2.24) is 0 Å². The van der Waals surface area contributed by atoms with Gasteiger partial charge in [0.2, 0.25) is 0 Å². The van der Waals surface area contributed by atoms with Crippen LogP contribution in [-0.2, 0) is 14.2 Å². The molecule has 39 heavy (non-hydrogen) atoms. The Morgan fingerprint density at radius 3 is 2.74 bits per heavy atom. The normalized spacial score (nSPS) is 19.4. The molecular formula is C34H43N2O3. The second kappa shape index (κ2) is 15.4. The van der Waals surface area contributed by atoms with E-state index >= 15 is 0 Å². The van der Waals surface area contributed by atoms with Gasteiger partial charge in [0.15, 0.2) is 5.76 Å². The van der Waals surface area contributed by atoms with E-state index in [0.29, 0.717) is 30.5 Å². The molecule has 0 amide bonds. The first-order chi connectivity index (χ1) is 18.9. The van der Waals surface area contributed by atoms with Gasteiger partial charge < -0.3 is 19.1 Å². The summed E-state index contributed by atoms with van der Waals surface area (Å²) < 4.78 is 17.7. The lowest BCUT2D eigenvalue weighted by atomic mass is 9.90. The summed E-state index contributed by atoms with van der Waals surface area (Å²) in [4.78, 5) is 6.70. The fourth-order valence-corrected chi connectivity index (χ4v) is 4.70. The number of rotatable bonds is 15. The average Bonchev–Trinajstić information content (AvgIpc) is 3.79. The highest BCUT2D eigenvalue weighted by Gasteiger charge is 2.25. The lowest BCUT2D eigenvalue weighted by Crippen LogP contribution is -2.40. The molecule has 1 radical (unpaired) electrons. The molecule has 2 aliphatic rings. The predicted octanol–water partition coefficient (Wildman–Crippen LogP) is 6.76. The Labute approximate surface area is 236 Å². The molecule has 0 saturated carbocycles. The molecule has 1 saturated heterocycles. The maximum atomic E-state index is 6.10. The maximum absolute atomic E-state index is 6.10. The summed E-state index contributed by atoms with van der Waals surface area (Å²) in [7, 11) is 0. The molecule has 2 unspecified atom stereocenters. The Hall–Kier alpha value is -3.25. The lowest BCUT2D eigenvalue weighted by Gasteiger charge is -2.37. The van der Waals surface area contributed by atoms with Crippen LogP contribution < -0.4 is 4.90 Å². The van der Waals surface area contributed by atoms with E-state index in [4.69, 9.17) is 27.1 Å². The molecule has 5 nitrogen and oxygen atoms in total. The summed E-state index contributed by atoms with van der Waals surface area (Å²) >= 11 is 0. The molecular weight excluding hydrogens is 484 g/mol. The Morgan fingerprint density at radius 2 is 2.10 bits per heavy atom. The van der Waals surface area contributed by atoms with Crippen LogP contribution >= 0.6 is 0 Å². The minimum Gasteiger partial charge on any atom is -0.481 e. The highest BCUT2D eigenvalue weighted by Crippen LogP contribution is 2.35. The summed E-state index contributed by atoms with van der Waals surface area (Å²) in [5.74, 6) is 6.00. The third-order valence-corrected chi connectivity index (χ3v) is 7.11. The number of terminal acetylenes is 2. The van der Waals surface area contributed by atoms with Crippen LogP contribution in [0.5, 0.6) is 0 Å². The number of hydrogen-bond acceptors (Lipinski definition) is 5. The van der Waals surface area contributed by atoms with Crippen LogP contribution in [0, 0.1) is 44.0 Å². The number of allylic oxidation sites excluding steroid dienone is 4. The smallest absolute Gasteiger partial charge is 0.188 e. The van der Waals surface area contributed by atoms with Gasteiger partial charge in [-0.3, -0.25) is 4.99 Å². The van der Waals surface area contributed by atoms with Crippen LogP contribution in [-0.4, -0.2) is 44.9 Å². The highest BCUT2D eigenvalue weighted by molar-refractivity contribution is 5.83. The minimum atomic E-state index is -0.343. The van der Waals surface area contributed by atoms with Crippen LogP contribution in [0.3, 0.4) is 0 Å². The first-order valence-corrected chi connectivity index (χ1v) is 14.0. The van der Waals surface area contributed by atoms with Gasteiger partial charge in [0.1, 0.15) is 12.8 Å². The third-order valence-electron chi connectivity index (χ3n) is 7.11. The first kappa shape index (κ1) is 30.3. The molecule has 207 valence electrons. The second-order valence-corrected chi connectivity index (χ2v) is 10.3. The monoisotopic (exact) mass is 527 g/mol. The molecule has 3 rings (SSSR count). The van der Waals surface area contributed by atoms with Crippen molar-refractivity contribution in [2.24, 2.45) is 10.9 Å². The van der Waals surface area contributed by atoms with Crippen molar-refractivity contribution in [3.63, 3.8) is 0 Å². The molecule has 1 aromatic rings. The van der Waals surface area contributed by atoms with Crippen LogP contribution in [0.2, 0.25) is 0 Å². The minimum absolute atomic E-state index is 0.0488. The van der Waals surface area contributed by atoms with Crippen molar-refractivity contribution < 1.29 is 14.2 Å². The zero-order chi connectivity index (χ0) is 28.2. The number of anilines is 1. The van der Waals surface area contributed by atoms with Crippen LogP contribution in [0.4, 0.5) is 5.69 Å². The summed E-state index contributed by atoms with van der Waals surface area (Å²) in [6, 6.07) is 6.39. The van der Waals surface area contributed by atoms with Crippen molar-refractivity contribution in [3.8, 4) is 24.7 Å². The molecule has 5 heteroatoms. The van der Waals surface area contributed by atoms with Crippen molar-refractivity contribution in [2.75, 3.05) is 31.3 Å². The predicted molar refractivity (Wildman–Crippen MR) is 161 cm³/mol. The zero-order valence-corrected chi connectivity index (χ0v) is 24.0. The molecule has 1 fully saturated rings. The van der Waals surface area contributed by atoms with E-state index < -0.39 is 0 Å². The molecule has 0 spiro atoms. The van der Waals surface area contributed by atoms with Crippen molar-refractivity contribution in [3.05, 3.63) is 71.5 Å². The topological polar surface area (TPSA) is 43.3 Å². The number of nitrogens with zero attached hydrogens (tertiary/aromatic N) is 2. The van der Waals surface area contributed by atoms with Gasteiger partial charge in [-0.25, -0.2) is 0 Å². The average molecular weight is 528 g/mol. The molecule has 0 aromatic heterocycles. The van der Waals surface area contributed by atoms with E-state index in [1.807, 2.05) is 6.92 Å². The van der Waals surface area contributed by atoms with E-state index in [-0.39, 0.29) is 18.2 Å². The molecule has 1 aliphatic heterocycles. The number of benzene rings is 1. The van der Waals surface area contributed by atoms with Crippen molar-refractivity contribution in [1.29, 1.82) is 0 Å².